The minimum absolute atomic E-state index is 0.226. The van der Waals surface area contributed by atoms with Gasteiger partial charge in [0.2, 0.25) is 0 Å². The summed E-state index contributed by atoms with van der Waals surface area (Å²) < 4.78 is 0. The first-order valence-electron chi connectivity index (χ1n) is 8.00. The summed E-state index contributed by atoms with van der Waals surface area (Å²) in [7, 11) is 0. The molecule has 1 saturated heterocycles. The largest absolute Gasteiger partial charge is 0.395 e. The summed E-state index contributed by atoms with van der Waals surface area (Å²) in [5, 5.41) is 9.25. The van der Waals surface area contributed by atoms with Crippen LogP contribution in [0.15, 0.2) is 66.2 Å². The van der Waals surface area contributed by atoms with Crippen LogP contribution in [0, 0.1) is 0 Å². The van der Waals surface area contributed by atoms with E-state index in [9.17, 15) is 5.11 Å². The van der Waals surface area contributed by atoms with E-state index in [-0.39, 0.29) is 6.61 Å². The molecule has 1 aliphatic heterocycles. The predicted molar refractivity (Wildman–Crippen MR) is 91.6 cm³/mol. The second kappa shape index (κ2) is 6.91. The average Bonchev–Trinajstić information content (AvgIpc) is 2.92. The lowest BCUT2D eigenvalue weighted by Crippen LogP contribution is -2.30. The number of nitrogens with zero attached hydrogens (tertiary/aromatic N) is 1. The molecule has 2 heteroatoms. The Hall–Kier alpha value is -1.90. The summed E-state index contributed by atoms with van der Waals surface area (Å²) in [5.74, 6) is 0. The second-order valence-electron chi connectivity index (χ2n) is 5.82. The minimum atomic E-state index is 0.226. The van der Waals surface area contributed by atoms with Crippen molar-refractivity contribution in [2.24, 2.45) is 0 Å². The maximum absolute atomic E-state index is 9.25. The highest BCUT2D eigenvalue weighted by Crippen LogP contribution is 2.35. The van der Waals surface area contributed by atoms with E-state index in [4.69, 9.17) is 0 Å². The molecule has 0 radical (unpaired) electrons. The van der Waals surface area contributed by atoms with E-state index in [1.54, 1.807) is 0 Å². The molecule has 0 spiro atoms. The van der Waals surface area contributed by atoms with Crippen LogP contribution in [0.1, 0.15) is 24.5 Å². The van der Waals surface area contributed by atoms with Gasteiger partial charge in [0.15, 0.2) is 0 Å². The van der Waals surface area contributed by atoms with Crippen LogP contribution in [-0.4, -0.2) is 35.7 Å². The summed E-state index contributed by atoms with van der Waals surface area (Å²) >= 11 is 0. The third kappa shape index (κ3) is 2.99. The standard InChI is InChI=1S/C20H23NO/c1-16-19(12-13-21(16)14-15-22)20(17-8-4-2-5-9-17)18-10-6-3-7-11-18/h2-11,16,22H,12-15H2,1H3. The highest BCUT2D eigenvalue weighted by Gasteiger charge is 2.28. The van der Waals surface area contributed by atoms with Crippen molar-refractivity contribution in [2.75, 3.05) is 19.7 Å². The van der Waals surface area contributed by atoms with Crippen LogP contribution in [0.2, 0.25) is 0 Å². The van der Waals surface area contributed by atoms with E-state index in [1.165, 1.54) is 22.3 Å². The molecule has 0 aliphatic carbocycles. The van der Waals surface area contributed by atoms with Gasteiger partial charge in [-0.3, -0.25) is 4.90 Å². The number of rotatable bonds is 4. The zero-order valence-electron chi connectivity index (χ0n) is 13.1. The molecule has 0 amide bonds. The van der Waals surface area contributed by atoms with Crippen molar-refractivity contribution in [2.45, 2.75) is 19.4 Å². The van der Waals surface area contributed by atoms with Crippen molar-refractivity contribution >= 4 is 5.57 Å². The Morgan fingerprint density at radius 1 is 1.00 bits per heavy atom. The molecule has 0 saturated carbocycles. The van der Waals surface area contributed by atoms with Crippen molar-refractivity contribution in [3.8, 4) is 0 Å². The van der Waals surface area contributed by atoms with Gasteiger partial charge in [0, 0.05) is 19.1 Å². The average molecular weight is 293 g/mol. The molecule has 114 valence electrons. The van der Waals surface area contributed by atoms with Gasteiger partial charge >= 0.3 is 0 Å². The van der Waals surface area contributed by atoms with Gasteiger partial charge in [0.25, 0.3) is 0 Å². The Morgan fingerprint density at radius 2 is 1.55 bits per heavy atom. The highest BCUT2D eigenvalue weighted by atomic mass is 16.3. The van der Waals surface area contributed by atoms with Crippen molar-refractivity contribution in [1.82, 2.24) is 4.90 Å². The summed E-state index contributed by atoms with van der Waals surface area (Å²) in [6, 6.07) is 21.7. The SMILES string of the molecule is CC1C(=C(c2ccccc2)c2ccccc2)CCN1CCO. The van der Waals surface area contributed by atoms with Crippen molar-refractivity contribution in [3.05, 3.63) is 77.4 Å². The van der Waals surface area contributed by atoms with Crippen molar-refractivity contribution in [3.63, 3.8) is 0 Å². The number of likely N-dealkylation sites (tertiary alicyclic amines) is 1. The lowest BCUT2D eigenvalue weighted by atomic mass is 9.90. The van der Waals surface area contributed by atoms with Gasteiger partial charge in [0.1, 0.15) is 0 Å². The van der Waals surface area contributed by atoms with E-state index in [0.29, 0.717) is 6.04 Å². The molecule has 0 aromatic heterocycles. The number of aliphatic hydroxyl groups is 1. The maximum atomic E-state index is 9.25. The molecule has 1 N–H and O–H groups in total. The first-order valence-corrected chi connectivity index (χ1v) is 8.00. The van der Waals surface area contributed by atoms with E-state index in [1.807, 2.05) is 0 Å². The molecule has 1 fully saturated rings. The summed E-state index contributed by atoms with van der Waals surface area (Å²) in [5.41, 5.74) is 5.39. The number of aliphatic hydroxyl groups excluding tert-OH is 1. The molecule has 2 aromatic carbocycles. The van der Waals surface area contributed by atoms with Crippen LogP contribution in [0.5, 0.6) is 0 Å². The molecule has 22 heavy (non-hydrogen) atoms. The lowest BCUT2D eigenvalue weighted by molar-refractivity contribution is 0.198. The number of benzene rings is 2. The maximum Gasteiger partial charge on any atom is 0.0558 e. The van der Waals surface area contributed by atoms with Crippen LogP contribution >= 0.6 is 0 Å². The molecule has 1 heterocycles. The fourth-order valence-electron chi connectivity index (χ4n) is 3.40. The smallest absolute Gasteiger partial charge is 0.0558 e. The van der Waals surface area contributed by atoms with E-state index in [0.717, 1.165) is 19.5 Å². The Bertz CT molecular complexity index is 592. The van der Waals surface area contributed by atoms with Gasteiger partial charge in [-0.15, -0.1) is 0 Å². The molecule has 2 aromatic rings. The minimum Gasteiger partial charge on any atom is -0.395 e. The molecule has 3 rings (SSSR count). The molecule has 1 unspecified atom stereocenters. The zero-order valence-corrected chi connectivity index (χ0v) is 13.1. The van der Waals surface area contributed by atoms with Crippen LogP contribution in [0.25, 0.3) is 5.57 Å². The van der Waals surface area contributed by atoms with Crippen LogP contribution in [0.4, 0.5) is 0 Å². The van der Waals surface area contributed by atoms with E-state index in [2.05, 4.69) is 72.5 Å². The van der Waals surface area contributed by atoms with E-state index < -0.39 is 0 Å². The van der Waals surface area contributed by atoms with E-state index >= 15 is 0 Å². The fraction of sp³-hybridized carbons (Fsp3) is 0.300. The monoisotopic (exact) mass is 293 g/mol. The molecule has 2 nitrogen and oxygen atoms in total. The topological polar surface area (TPSA) is 23.5 Å². The summed E-state index contributed by atoms with van der Waals surface area (Å²) in [6.07, 6.45) is 1.07. The first kappa shape index (κ1) is 15.0. The Labute approximate surface area is 132 Å². The third-order valence-corrected chi connectivity index (χ3v) is 4.55. The lowest BCUT2D eigenvalue weighted by Gasteiger charge is -2.22. The molecular weight excluding hydrogens is 270 g/mol. The molecular formula is C20H23NO. The molecule has 1 atom stereocenters. The van der Waals surface area contributed by atoms with Gasteiger partial charge in [-0.1, -0.05) is 60.7 Å². The summed E-state index contributed by atoms with van der Waals surface area (Å²) in [4.78, 5) is 2.36. The van der Waals surface area contributed by atoms with Gasteiger partial charge in [-0.2, -0.15) is 0 Å². The van der Waals surface area contributed by atoms with Crippen LogP contribution in [-0.2, 0) is 0 Å². The fourth-order valence-corrected chi connectivity index (χ4v) is 3.40. The Morgan fingerprint density at radius 3 is 2.05 bits per heavy atom. The number of hydrogen-bond donors (Lipinski definition) is 1. The predicted octanol–water partition coefficient (Wildman–Crippen LogP) is 3.58. The van der Waals surface area contributed by atoms with Gasteiger partial charge < -0.3 is 5.11 Å². The Kier molecular flexibility index (Phi) is 4.71. The summed E-state index contributed by atoms with van der Waals surface area (Å²) in [6.45, 7) is 4.26. The quantitative estimate of drug-likeness (QED) is 0.931. The second-order valence-corrected chi connectivity index (χ2v) is 5.82. The number of hydrogen-bond acceptors (Lipinski definition) is 2. The van der Waals surface area contributed by atoms with Crippen LogP contribution < -0.4 is 0 Å². The van der Waals surface area contributed by atoms with Gasteiger partial charge in [-0.05, 0) is 35.6 Å². The van der Waals surface area contributed by atoms with Crippen LogP contribution in [0.3, 0.4) is 0 Å². The normalized spacial score (nSPS) is 18.6. The van der Waals surface area contributed by atoms with Crippen molar-refractivity contribution < 1.29 is 5.11 Å². The highest BCUT2D eigenvalue weighted by molar-refractivity contribution is 5.83. The zero-order chi connectivity index (χ0) is 15.4. The first-order chi connectivity index (χ1) is 10.8. The molecule has 1 aliphatic rings. The Balaban J connectivity index is 2.09. The number of β-amino-alcohol motifs (C(OH)–C–C–N with tert-alkyl or cyclic N) is 1. The third-order valence-electron chi connectivity index (χ3n) is 4.55. The van der Waals surface area contributed by atoms with Gasteiger partial charge in [0.05, 0.1) is 6.61 Å². The molecule has 0 bridgehead atoms. The van der Waals surface area contributed by atoms with Gasteiger partial charge in [-0.25, -0.2) is 0 Å². The van der Waals surface area contributed by atoms with Crippen molar-refractivity contribution in [1.29, 1.82) is 0 Å².